The molecule has 5 nitrogen and oxygen atoms in total. The van der Waals surface area contributed by atoms with Gasteiger partial charge in [-0.25, -0.2) is 12.8 Å². The van der Waals surface area contributed by atoms with Crippen LogP contribution in [0.1, 0.15) is 25.7 Å². The minimum Gasteiger partial charge on any atom is -0.355 e. The van der Waals surface area contributed by atoms with Gasteiger partial charge in [0.2, 0.25) is 5.91 Å². The summed E-state index contributed by atoms with van der Waals surface area (Å²) in [5, 5.41) is 2.66. The first kappa shape index (κ1) is 18.9. The van der Waals surface area contributed by atoms with Gasteiger partial charge in [-0.1, -0.05) is 0 Å². The second-order valence-corrected chi connectivity index (χ2v) is 8.54. The molecule has 0 spiro atoms. The molecular weight excluding hydrogens is 331 g/mol. The van der Waals surface area contributed by atoms with E-state index in [1.807, 2.05) is 0 Å². The van der Waals surface area contributed by atoms with Gasteiger partial charge in [-0.15, -0.1) is 0 Å². The Morgan fingerprint density at radius 1 is 1.33 bits per heavy atom. The van der Waals surface area contributed by atoms with Gasteiger partial charge >= 0.3 is 0 Å². The number of sulfone groups is 1. The number of benzene rings is 1. The Kier molecular flexibility index (Phi) is 6.74. The third kappa shape index (κ3) is 5.87. The van der Waals surface area contributed by atoms with Crippen LogP contribution in [0.2, 0.25) is 0 Å². The highest BCUT2D eigenvalue weighted by Gasteiger charge is 2.18. The van der Waals surface area contributed by atoms with Crippen LogP contribution in [0, 0.1) is 11.7 Å². The molecule has 1 N–H and O–H groups in total. The summed E-state index contributed by atoms with van der Waals surface area (Å²) in [7, 11) is -1.41. The lowest BCUT2D eigenvalue weighted by Crippen LogP contribution is -2.33. The Hall–Kier alpha value is -1.47. The molecule has 1 aliphatic rings. The number of hydrogen-bond acceptors (Lipinski definition) is 4. The zero-order valence-corrected chi connectivity index (χ0v) is 14.8. The number of rotatable bonds is 7. The maximum atomic E-state index is 12.8. The molecule has 0 saturated carbocycles. The molecule has 1 heterocycles. The molecule has 24 heavy (non-hydrogen) atoms. The number of piperidine rings is 1. The zero-order valence-electron chi connectivity index (χ0n) is 14.0. The first-order chi connectivity index (χ1) is 11.4. The summed E-state index contributed by atoms with van der Waals surface area (Å²) in [6, 6.07) is 4.72. The number of halogens is 1. The third-order valence-electron chi connectivity index (χ3n) is 4.37. The molecule has 0 bridgehead atoms. The van der Waals surface area contributed by atoms with Crippen molar-refractivity contribution in [3.05, 3.63) is 30.1 Å². The predicted octanol–water partition coefficient (Wildman–Crippen LogP) is 1.84. The number of amides is 1. The quantitative estimate of drug-likeness (QED) is 0.757. The van der Waals surface area contributed by atoms with Gasteiger partial charge in [-0.2, -0.15) is 0 Å². The number of hydrogen-bond donors (Lipinski definition) is 1. The van der Waals surface area contributed by atoms with Crippen molar-refractivity contribution in [1.82, 2.24) is 10.2 Å². The van der Waals surface area contributed by atoms with Crippen molar-refractivity contribution in [3.63, 3.8) is 0 Å². The summed E-state index contributed by atoms with van der Waals surface area (Å²) in [5.74, 6) is -0.234. The molecule has 1 saturated heterocycles. The molecule has 1 amide bonds. The Balaban J connectivity index is 1.71. The van der Waals surface area contributed by atoms with Crippen LogP contribution in [0.5, 0.6) is 0 Å². The van der Waals surface area contributed by atoms with Crippen molar-refractivity contribution in [2.24, 2.45) is 5.92 Å². The lowest BCUT2D eigenvalue weighted by Gasteiger charge is -2.29. The fraction of sp³-hybridized carbons (Fsp3) is 0.588. The van der Waals surface area contributed by atoms with Crippen molar-refractivity contribution in [2.45, 2.75) is 30.6 Å². The average Bonchev–Trinajstić information content (AvgIpc) is 2.53. The first-order valence-electron chi connectivity index (χ1n) is 8.30. The predicted molar refractivity (Wildman–Crippen MR) is 90.9 cm³/mol. The topological polar surface area (TPSA) is 66.5 Å². The minimum atomic E-state index is -3.50. The third-order valence-corrected chi connectivity index (χ3v) is 6.10. The fourth-order valence-electron chi connectivity index (χ4n) is 3.02. The summed E-state index contributed by atoms with van der Waals surface area (Å²) in [6.07, 6.45) is 3.57. The molecule has 7 heteroatoms. The molecule has 1 aromatic rings. The second-order valence-electron chi connectivity index (χ2n) is 6.43. The molecule has 1 aliphatic heterocycles. The average molecular weight is 356 g/mol. The molecule has 0 radical (unpaired) electrons. The maximum absolute atomic E-state index is 12.8. The summed E-state index contributed by atoms with van der Waals surface area (Å²) in [4.78, 5) is 14.2. The highest BCUT2D eigenvalue weighted by molar-refractivity contribution is 7.91. The molecule has 134 valence electrons. The van der Waals surface area contributed by atoms with Gasteiger partial charge in [0, 0.05) is 19.5 Å². The number of nitrogens with one attached hydrogen (secondary N) is 1. The van der Waals surface area contributed by atoms with Crippen molar-refractivity contribution in [2.75, 3.05) is 32.4 Å². The standard InChI is InChI=1S/C17H25FN2O3S/c1-20-11-2-3-14(13-20)4-9-17(21)19-10-12-24(22,23)16-7-5-15(18)6-8-16/h5-8,14H,2-4,9-13H2,1H3,(H,19,21)/t14-/m0/s1. The van der Waals surface area contributed by atoms with E-state index in [0.29, 0.717) is 12.3 Å². The Bertz CT molecular complexity index is 646. The van der Waals surface area contributed by atoms with Gasteiger partial charge in [0.25, 0.3) is 0 Å². The van der Waals surface area contributed by atoms with E-state index in [9.17, 15) is 17.6 Å². The maximum Gasteiger partial charge on any atom is 0.220 e. The monoisotopic (exact) mass is 356 g/mol. The summed E-state index contributed by atoms with van der Waals surface area (Å²) in [5.41, 5.74) is 0. The van der Waals surface area contributed by atoms with Gasteiger partial charge in [-0.05, 0) is 63.0 Å². The molecule has 1 fully saturated rings. The fourth-order valence-corrected chi connectivity index (χ4v) is 4.17. The smallest absolute Gasteiger partial charge is 0.220 e. The number of carbonyl (C=O) groups is 1. The minimum absolute atomic E-state index is 0.0725. The van der Waals surface area contributed by atoms with E-state index in [1.54, 1.807) is 0 Å². The van der Waals surface area contributed by atoms with Gasteiger partial charge in [-0.3, -0.25) is 4.79 Å². The van der Waals surface area contributed by atoms with E-state index >= 15 is 0 Å². The number of carbonyl (C=O) groups excluding carboxylic acids is 1. The van der Waals surface area contributed by atoms with Crippen molar-refractivity contribution in [1.29, 1.82) is 0 Å². The first-order valence-corrected chi connectivity index (χ1v) is 9.95. The highest BCUT2D eigenvalue weighted by atomic mass is 32.2. The zero-order chi connectivity index (χ0) is 17.6. The molecule has 0 aromatic heterocycles. The molecule has 1 aromatic carbocycles. The van der Waals surface area contributed by atoms with E-state index < -0.39 is 15.7 Å². The molecular formula is C17H25FN2O3S. The van der Waals surface area contributed by atoms with Crippen LogP contribution in [0.25, 0.3) is 0 Å². The Morgan fingerprint density at radius 2 is 2.04 bits per heavy atom. The Labute approximate surface area is 143 Å². The number of likely N-dealkylation sites (tertiary alicyclic amines) is 1. The van der Waals surface area contributed by atoms with Crippen molar-refractivity contribution < 1.29 is 17.6 Å². The van der Waals surface area contributed by atoms with Crippen molar-refractivity contribution in [3.8, 4) is 0 Å². The van der Waals surface area contributed by atoms with Gasteiger partial charge in [0.15, 0.2) is 9.84 Å². The van der Waals surface area contributed by atoms with Gasteiger partial charge in [0.1, 0.15) is 5.82 Å². The molecule has 1 atom stereocenters. The van der Waals surface area contributed by atoms with Gasteiger partial charge < -0.3 is 10.2 Å². The molecule has 2 rings (SSSR count). The van der Waals surface area contributed by atoms with Crippen LogP contribution in [0.15, 0.2) is 29.2 Å². The van der Waals surface area contributed by atoms with E-state index in [4.69, 9.17) is 0 Å². The summed E-state index contributed by atoms with van der Waals surface area (Å²) in [6.45, 7) is 2.21. The SMILES string of the molecule is CN1CCC[C@@H](CCC(=O)NCCS(=O)(=O)c2ccc(F)cc2)C1. The van der Waals surface area contributed by atoms with Gasteiger partial charge in [0.05, 0.1) is 10.6 Å². The highest BCUT2D eigenvalue weighted by Crippen LogP contribution is 2.19. The second kappa shape index (κ2) is 8.58. The largest absolute Gasteiger partial charge is 0.355 e. The summed E-state index contributed by atoms with van der Waals surface area (Å²) < 4.78 is 37.0. The Morgan fingerprint density at radius 3 is 2.71 bits per heavy atom. The molecule has 0 unspecified atom stereocenters. The lowest BCUT2D eigenvalue weighted by atomic mass is 9.93. The number of nitrogens with zero attached hydrogens (tertiary/aromatic N) is 1. The molecule has 0 aliphatic carbocycles. The van der Waals surface area contributed by atoms with Crippen LogP contribution in [-0.4, -0.2) is 51.7 Å². The van der Waals surface area contributed by atoms with Crippen LogP contribution in [0.4, 0.5) is 4.39 Å². The summed E-state index contributed by atoms with van der Waals surface area (Å²) >= 11 is 0. The van der Waals surface area contributed by atoms with Crippen LogP contribution >= 0.6 is 0 Å². The van der Waals surface area contributed by atoms with Crippen LogP contribution in [0.3, 0.4) is 0 Å². The van der Waals surface area contributed by atoms with E-state index in [-0.39, 0.29) is 23.1 Å². The van der Waals surface area contributed by atoms with E-state index in [1.165, 1.54) is 18.6 Å². The van der Waals surface area contributed by atoms with E-state index in [0.717, 1.165) is 38.1 Å². The van der Waals surface area contributed by atoms with Crippen LogP contribution in [-0.2, 0) is 14.6 Å². The van der Waals surface area contributed by atoms with Crippen LogP contribution < -0.4 is 5.32 Å². The van der Waals surface area contributed by atoms with Crippen molar-refractivity contribution >= 4 is 15.7 Å². The normalized spacial score (nSPS) is 19.2. The lowest BCUT2D eigenvalue weighted by molar-refractivity contribution is -0.121. The van der Waals surface area contributed by atoms with E-state index in [2.05, 4.69) is 17.3 Å².